The summed E-state index contributed by atoms with van der Waals surface area (Å²) in [6.07, 6.45) is -2.50. The molecule has 170 valence electrons. The van der Waals surface area contributed by atoms with Crippen molar-refractivity contribution >= 4 is 5.91 Å². The Bertz CT molecular complexity index is 1080. The molecule has 1 amide bonds. The first kappa shape index (κ1) is 23.2. The second kappa shape index (κ2) is 9.76. The second-order valence-corrected chi connectivity index (χ2v) is 7.23. The van der Waals surface area contributed by atoms with E-state index in [-0.39, 0.29) is 17.1 Å². The maximum Gasteiger partial charge on any atom is 0.416 e. The van der Waals surface area contributed by atoms with Gasteiger partial charge in [-0.3, -0.25) is 4.79 Å². The summed E-state index contributed by atoms with van der Waals surface area (Å²) < 4.78 is 51.2. The standard InChI is InChI=1S/C23H24F3N3O3/c1-16-8-4-5-11-19(16)32-13-7-12-28(2)22(30)21-20(31-3)15-29(27-21)18-10-6-9-17(14-18)23(24,25)26/h4-6,8-11,14-15H,7,12-13H2,1-3H3. The Hall–Kier alpha value is -3.49. The van der Waals surface area contributed by atoms with E-state index >= 15 is 0 Å². The van der Waals surface area contributed by atoms with Gasteiger partial charge in [-0.05, 0) is 43.2 Å². The summed E-state index contributed by atoms with van der Waals surface area (Å²) in [5.41, 5.74) is 0.420. The number of carbonyl (C=O) groups is 1. The maximum absolute atomic E-state index is 13.0. The van der Waals surface area contributed by atoms with Crippen LogP contribution in [0.2, 0.25) is 0 Å². The normalized spacial score (nSPS) is 11.3. The molecular weight excluding hydrogens is 423 g/mol. The summed E-state index contributed by atoms with van der Waals surface area (Å²) in [5.74, 6) is 0.571. The predicted molar refractivity (Wildman–Crippen MR) is 113 cm³/mol. The summed E-state index contributed by atoms with van der Waals surface area (Å²) in [5, 5.41) is 4.18. The Morgan fingerprint density at radius 2 is 1.88 bits per heavy atom. The molecule has 0 saturated heterocycles. The van der Waals surface area contributed by atoms with E-state index in [9.17, 15) is 18.0 Å². The lowest BCUT2D eigenvalue weighted by molar-refractivity contribution is -0.137. The number of carbonyl (C=O) groups excluding carboxylic acids is 1. The molecule has 3 aromatic rings. The number of aryl methyl sites for hydroxylation is 1. The number of methoxy groups -OCH3 is 1. The number of alkyl halides is 3. The number of halogens is 3. The quantitative estimate of drug-likeness (QED) is 0.468. The molecule has 0 fully saturated rings. The molecule has 0 bridgehead atoms. The van der Waals surface area contributed by atoms with Gasteiger partial charge in [-0.2, -0.15) is 18.3 Å². The fourth-order valence-electron chi connectivity index (χ4n) is 3.10. The van der Waals surface area contributed by atoms with Crippen molar-refractivity contribution in [3.05, 3.63) is 71.5 Å². The first-order chi connectivity index (χ1) is 15.2. The Morgan fingerprint density at radius 1 is 1.12 bits per heavy atom. The van der Waals surface area contributed by atoms with Gasteiger partial charge in [0.2, 0.25) is 0 Å². The van der Waals surface area contributed by atoms with Crippen LogP contribution in [-0.2, 0) is 6.18 Å². The molecule has 9 heteroatoms. The lowest BCUT2D eigenvalue weighted by atomic mass is 10.2. The average molecular weight is 447 g/mol. The zero-order valence-electron chi connectivity index (χ0n) is 18.0. The number of para-hydroxylation sites is 1. The third-order valence-electron chi connectivity index (χ3n) is 4.88. The smallest absolute Gasteiger partial charge is 0.416 e. The van der Waals surface area contributed by atoms with Crippen molar-refractivity contribution in [2.75, 3.05) is 27.3 Å². The van der Waals surface area contributed by atoms with Gasteiger partial charge >= 0.3 is 6.18 Å². The van der Waals surface area contributed by atoms with Crippen LogP contribution >= 0.6 is 0 Å². The van der Waals surface area contributed by atoms with Crippen molar-refractivity contribution in [3.8, 4) is 17.2 Å². The first-order valence-corrected chi connectivity index (χ1v) is 9.96. The lowest BCUT2D eigenvalue weighted by Crippen LogP contribution is -2.29. The van der Waals surface area contributed by atoms with E-state index in [4.69, 9.17) is 9.47 Å². The van der Waals surface area contributed by atoms with E-state index in [1.165, 1.54) is 35.0 Å². The van der Waals surface area contributed by atoms with Crippen LogP contribution in [0, 0.1) is 6.92 Å². The predicted octanol–water partition coefficient (Wildman–Crippen LogP) is 4.75. The van der Waals surface area contributed by atoms with E-state index in [0.29, 0.717) is 19.6 Å². The molecule has 0 atom stereocenters. The van der Waals surface area contributed by atoms with Gasteiger partial charge in [-0.25, -0.2) is 4.68 Å². The summed E-state index contributed by atoms with van der Waals surface area (Å²) in [6.45, 7) is 2.79. The van der Waals surface area contributed by atoms with Crippen molar-refractivity contribution in [1.29, 1.82) is 0 Å². The second-order valence-electron chi connectivity index (χ2n) is 7.23. The number of nitrogens with zero attached hydrogens (tertiary/aromatic N) is 3. The number of benzene rings is 2. The Kier molecular flexibility index (Phi) is 7.07. The fourth-order valence-corrected chi connectivity index (χ4v) is 3.10. The fraction of sp³-hybridized carbons (Fsp3) is 0.304. The third-order valence-corrected chi connectivity index (χ3v) is 4.88. The highest BCUT2D eigenvalue weighted by Gasteiger charge is 2.31. The zero-order valence-corrected chi connectivity index (χ0v) is 18.0. The van der Waals surface area contributed by atoms with Crippen molar-refractivity contribution in [3.63, 3.8) is 0 Å². The van der Waals surface area contributed by atoms with Crippen molar-refractivity contribution in [2.24, 2.45) is 0 Å². The van der Waals surface area contributed by atoms with E-state index in [2.05, 4.69) is 5.10 Å². The Labute approximate surface area is 184 Å². The minimum Gasteiger partial charge on any atom is -0.493 e. The number of rotatable bonds is 8. The molecule has 1 heterocycles. The lowest BCUT2D eigenvalue weighted by Gasteiger charge is -2.17. The molecule has 32 heavy (non-hydrogen) atoms. The number of amides is 1. The molecule has 0 unspecified atom stereocenters. The van der Waals surface area contributed by atoms with E-state index in [1.807, 2.05) is 31.2 Å². The van der Waals surface area contributed by atoms with Gasteiger partial charge in [-0.15, -0.1) is 0 Å². The summed E-state index contributed by atoms with van der Waals surface area (Å²) in [7, 11) is 3.00. The van der Waals surface area contributed by atoms with Gasteiger partial charge in [0, 0.05) is 13.6 Å². The van der Waals surface area contributed by atoms with Gasteiger partial charge in [0.15, 0.2) is 11.4 Å². The topological polar surface area (TPSA) is 56.6 Å². The zero-order chi connectivity index (χ0) is 23.3. The molecule has 1 aromatic heterocycles. The van der Waals surface area contributed by atoms with Crippen molar-refractivity contribution < 1.29 is 27.4 Å². The molecule has 0 aliphatic heterocycles. The average Bonchev–Trinajstić information content (AvgIpc) is 3.21. The molecule has 0 N–H and O–H groups in total. The largest absolute Gasteiger partial charge is 0.493 e. The first-order valence-electron chi connectivity index (χ1n) is 9.96. The summed E-state index contributed by atoms with van der Waals surface area (Å²) in [4.78, 5) is 14.3. The Balaban J connectivity index is 1.67. The van der Waals surface area contributed by atoms with Gasteiger partial charge in [0.1, 0.15) is 5.75 Å². The highest BCUT2D eigenvalue weighted by Crippen LogP contribution is 2.31. The summed E-state index contributed by atoms with van der Waals surface area (Å²) >= 11 is 0. The summed E-state index contributed by atoms with van der Waals surface area (Å²) in [6, 6.07) is 12.4. The van der Waals surface area contributed by atoms with Crippen LogP contribution in [0.5, 0.6) is 11.5 Å². The van der Waals surface area contributed by atoms with E-state index < -0.39 is 17.6 Å². The molecule has 6 nitrogen and oxygen atoms in total. The van der Waals surface area contributed by atoms with Crippen molar-refractivity contribution in [1.82, 2.24) is 14.7 Å². The maximum atomic E-state index is 13.0. The SMILES string of the molecule is COc1cn(-c2cccc(C(F)(F)F)c2)nc1C(=O)N(C)CCCOc1ccccc1C. The van der Waals surface area contributed by atoms with Crippen LogP contribution in [0.1, 0.15) is 28.0 Å². The molecule has 0 aliphatic rings. The monoisotopic (exact) mass is 447 g/mol. The van der Waals surface area contributed by atoms with E-state index in [0.717, 1.165) is 23.4 Å². The van der Waals surface area contributed by atoms with E-state index in [1.54, 1.807) is 7.05 Å². The molecule has 0 aliphatic carbocycles. The molecule has 2 aromatic carbocycles. The van der Waals surface area contributed by atoms with Crippen LogP contribution in [0.3, 0.4) is 0 Å². The van der Waals surface area contributed by atoms with Crippen LogP contribution in [0.4, 0.5) is 13.2 Å². The van der Waals surface area contributed by atoms with Crippen LogP contribution in [-0.4, -0.2) is 47.9 Å². The minimum atomic E-state index is -4.48. The number of ether oxygens (including phenoxy) is 2. The van der Waals surface area contributed by atoms with Crippen LogP contribution < -0.4 is 9.47 Å². The van der Waals surface area contributed by atoms with Gasteiger partial charge in [0.25, 0.3) is 5.91 Å². The highest BCUT2D eigenvalue weighted by molar-refractivity contribution is 5.94. The minimum absolute atomic E-state index is 0.0206. The number of hydrogen-bond acceptors (Lipinski definition) is 4. The number of hydrogen-bond donors (Lipinski definition) is 0. The van der Waals surface area contributed by atoms with Crippen molar-refractivity contribution in [2.45, 2.75) is 19.5 Å². The van der Waals surface area contributed by atoms with Gasteiger partial charge in [0.05, 0.1) is 31.2 Å². The van der Waals surface area contributed by atoms with Crippen LogP contribution in [0.15, 0.2) is 54.7 Å². The Morgan fingerprint density at radius 3 is 2.56 bits per heavy atom. The molecule has 0 spiro atoms. The van der Waals surface area contributed by atoms with Crippen LogP contribution in [0.25, 0.3) is 5.69 Å². The molecule has 3 rings (SSSR count). The molecule has 0 saturated carbocycles. The highest BCUT2D eigenvalue weighted by atomic mass is 19.4. The molecular formula is C23H24F3N3O3. The third kappa shape index (κ3) is 5.40. The number of aromatic nitrogens is 2. The van der Waals surface area contributed by atoms with Gasteiger partial charge < -0.3 is 14.4 Å². The van der Waals surface area contributed by atoms with Gasteiger partial charge in [-0.1, -0.05) is 24.3 Å². The molecule has 0 radical (unpaired) electrons.